The summed E-state index contributed by atoms with van der Waals surface area (Å²) < 4.78 is 37.8. The van der Waals surface area contributed by atoms with Crippen LogP contribution in [0.25, 0.3) is 11.0 Å². The second-order valence-corrected chi connectivity index (χ2v) is 5.30. The van der Waals surface area contributed by atoms with Gasteiger partial charge in [-0.15, -0.1) is 0 Å². The van der Waals surface area contributed by atoms with E-state index in [4.69, 9.17) is 11.6 Å². The number of alkyl halides is 3. The number of H-pyrrole nitrogens is 1. The first-order valence-electron chi connectivity index (χ1n) is 6.65. The van der Waals surface area contributed by atoms with E-state index in [1.807, 2.05) is 6.92 Å². The molecule has 1 atom stereocenters. The van der Waals surface area contributed by atoms with Crippen molar-refractivity contribution in [1.29, 1.82) is 0 Å². The van der Waals surface area contributed by atoms with Gasteiger partial charge in [-0.25, -0.2) is 0 Å². The van der Waals surface area contributed by atoms with Crippen molar-refractivity contribution >= 4 is 28.5 Å². The van der Waals surface area contributed by atoms with Gasteiger partial charge in [0.2, 0.25) is 5.28 Å². The molecule has 0 unspecified atom stereocenters. The number of hydrogen-bond acceptors (Lipinski definition) is 4. The summed E-state index contributed by atoms with van der Waals surface area (Å²) in [6.45, 7) is 1.81. The average Bonchev–Trinajstić information content (AvgIpc) is 2.94. The quantitative estimate of drug-likeness (QED) is 0.701. The van der Waals surface area contributed by atoms with Gasteiger partial charge in [-0.2, -0.15) is 28.2 Å². The number of aromatic nitrogens is 4. The number of rotatable bonds is 3. The normalized spacial score (nSPS) is 13.3. The Kier molecular flexibility index (Phi) is 3.85. The van der Waals surface area contributed by atoms with E-state index in [2.05, 4.69) is 25.5 Å². The van der Waals surface area contributed by atoms with E-state index in [9.17, 15) is 13.2 Å². The van der Waals surface area contributed by atoms with Gasteiger partial charge in [-0.1, -0.05) is 12.1 Å². The predicted molar refractivity (Wildman–Crippen MR) is 80.2 cm³/mol. The maximum absolute atomic E-state index is 12.6. The third-order valence-electron chi connectivity index (χ3n) is 3.37. The highest BCUT2D eigenvalue weighted by Gasteiger charge is 2.30. The molecule has 2 N–H and O–H groups in total. The fourth-order valence-electron chi connectivity index (χ4n) is 2.17. The van der Waals surface area contributed by atoms with Crippen LogP contribution in [0.15, 0.2) is 30.5 Å². The first kappa shape index (κ1) is 15.5. The third-order valence-corrected chi connectivity index (χ3v) is 3.54. The van der Waals surface area contributed by atoms with E-state index in [1.165, 1.54) is 12.1 Å². The fraction of sp³-hybridized carbons (Fsp3) is 0.214. The van der Waals surface area contributed by atoms with Crippen molar-refractivity contribution in [2.45, 2.75) is 19.1 Å². The maximum Gasteiger partial charge on any atom is 0.416 e. The minimum Gasteiger partial charge on any atom is -0.363 e. The van der Waals surface area contributed by atoms with Crippen LogP contribution in [0.3, 0.4) is 0 Å². The van der Waals surface area contributed by atoms with Gasteiger partial charge in [0, 0.05) is 6.04 Å². The van der Waals surface area contributed by atoms with E-state index in [1.54, 1.807) is 6.20 Å². The zero-order valence-electron chi connectivity index (χ0n) is 11.8. The first-order valence-corrected chi connectivity index (χ1v) is 7.02. The fourth-order valence-corrected chi connectivity index (χ4v) is 2.34. The first-order chi connectivity index (χ1) is 10.8. The number of anilines is 1. The Morgan fingerprint density at radius 1 is 1.17 bits per heavy atom. The molecule has 0 aliphatic heterocycles. The molecule has 1 aromatic carbocycles. The zero-order chi connectivity index (χ0) is 16.6. The molecule has 120 valence electrons. The molecule has 0 saturated carbocycles. The Hall–Kier alpha value is -2.35. The lowest BCUT2D eigenvalue weighted by Gasteiger charge is -2.16. The minimum atomic E-state index is -4.35. The monoisotopic (exact) mass is 341 g/mol. The van der Waals surface area contributed by atoms with Crippen LogP contribution in [-0.4, -0.2) is 20.2 Å². The van der Waals surface area contributed by atoms with Gasteiger partial charge >= 0.3 is 6.18 Å². The van der Waals surface area contributed by atoms with Gasteiger partial charge in [0.05, 0.1) is 17.1 Å². The van der Waals surface area contributed by atoms with Gasteiger partial charge in [0.15, 0.2) is 5.65 Å². The van der Waals surface area contributed by atoms with Gasteiger partial charge < -0.3 is 5.32 Å². The highest BCUT2D eigenvalue weighted by Crippen LogP contribution is 2.31. The summed E-state index contributed by atoms with van der Waals surface area (Å²) in [6.07, 6.45) is -2.80. The van der Waals surface area contributed by atoms with E-state index in [0.717, 1.165) is 12.1 Å². The Balaban J connectivity index is 1.86. The highest BCUT2D eigenvalue weighted by molar-refractivity contribution is 6.28. The van der Waals surface area contributed by atoms with Gasteiger partial charge in [-0.05, 0) is 36.2 Å². The molecule has 5 nitrogen and oxygen atoms in total. The lowest BCUT2D eigenvalue weighted by Crippen LogP contribution is -2.10. The second kappa shape index (κ2) is 5.69. The molecule has 0 aliphatic rings. The standard InChI is InChI=1S/C14H11ClF3N5/c1-7(8-2-4-9(5-3-8)14(16,17)18)20-11-10-6-19-23-12(10)22-13(15)21-11/h2-7H,1H3,(H2,19,20,21,22,23)/t7-/m0/s1. The summed E-state index contributed by atoms with van der Waals surface area (Å²) in [6, 6.07) is 4.68. The average molecular weight is 342 g/mol. The Labute approximate surface area is 133 Å². The van der Waals surface area contributed by atoms with Crippen LogP contribution in [0.4, 0.5) is 19.0 Å². The van der Waals surface area contributed by atoms with E-state index < -0.39 is 11.7 Å². The molecule has 23 heavy (non-hydrogen) atoms. The summed E-state index contributed by atoms with van der Waals surface area (Å²) in [7, 11) is 0. The van der Waals surface area contributed by atoms with Crippen molar-refractivity contribution in [2.24, 2.45) is 0 Å². The van der Waals surface area contributed by atoms with Gasteiger partial charge in [0.1, 0.15) is 5.82 Å². The number of nitrogens with one attached hydrogen (secondary N) is 2. The molecular formula is C14H11ClF3N5. The number of nitrogens with zero attached hydrogens (tertiary/aromatic N) is 3. The summed E-state index contributed by atoms with van der Waals surface area (Å²) in [5.41, 5.74) is 0.479. The highest BCUT2D eigenvalue weighted by atomic mass is 35.5. The van der Waals surface area contributed by atoms with Crippen molar-refractivity contribution in [2.75, 3.05) is 5.32 Å². The van der Waals surface area contributed by atoms with Crippen molar-refractivity contribution in [3.63, 3.8) is 0 Å². The van der Waals surface area contributed by atoms with Gasteiger partial charge in [-0.3, -0.25) is 5.10 Å². The maximum atomic E-state index is 12.6. The molecule has 0 aliphatic carbocycles. The van der Waals surface area contributed by atoms with Crippen LogP contribution in [0.2, 0.25) is 5.28 Å². The van der Waals surface area contributed by atoms with Crippen LogP contribution in [-0.2, 0) is 6.18 Å². The summed E-state index contributed by atoms with van der Waals surface area (Å²) in [4.78, 5) is 8.09. The molecule has 0 bridgehead atoms. The molecule has 0 amide bonds. The van der Waals surface area contributed by atoms with E-state index in [0.29, 0.717) is 22.4 Å². The van der Waals surface area contributed by atoms with Gasteiger partial charge in [0.25, 0.3) is 0 Å². The van der Waals surface area contributed by atoms with E-state index >= 15 is 0 Å². The number of fused-ring (bicyclic) bond motifs is 1. The minimum absolute atomic E-state index is 0.0452. The molecule has 0 radical (unpaired) electrons. The lowest BCUT2D eigenvalue weighted by molar-refractivity contribution is -0.137. The number of benzene rings is 1. The van der Waals surface area contributed by atoms with Crippen molar-refractivity contribution < 1.29 is 13.2 Å². The SMILES string of the molecule is C[C@H](Nc1nc(Cl)nc2[nH]ncc12)c1ccc(C(F)(F)F)cc1. The third kappa shape index (κ3) is 3.21. The largest absolute Gasteiger partial charge is 0.416 e. The Morgan fingerprint density at radius 3 is 2.52 bits per heavy atom. The van der Waals surface area contributed by atoms with Crippen LogP contribution in [0.1, 0.15) is 24.1 Å². The Morgan fingerprint density at radius 2 is 1.87 bits per heavy atom. The molecule has 0 saturated heterocycles. The second-order valence-electron chi connectivity index (χ2n) is 4.96. The lowest BCUT2D eigenvalue weighted by atomic mass is 10.1. The molecule has 2 aromatic heterocycles. The van der Waals surface area contributed by atoms with Crippen LogP contribution in [0, 0.1) is 0 Å². The van der Waals surface area contributed by atoms with Crippen LogP contribution < -0.4 is 5.32 Å². The molecule has 3 rings (SSSR count). The number of hydrogen-bond donors (Lipinski definition) is 2. The number of aromatic amines is 1. The smallest absolute Gasteiger partial charge is 0.363 e. The van der Waals surface area contributed by atoms with Crippen molar-refractivity contribution in [3.05, 3.63) is 46.9 Å². The topological polar surface area (TPSA) is 66.5 Å². The molecular weight excluding hydrogens is 331 g/mol. The summed E-state index contributed by atoms with van der Waals surface area (Å²) in [5, 5.41) is 10.4. The molecule has 9 heteroatoms. The van der Waals surface area contributed by atoms with Crippen LogP contribution in [0.5, 0.6) is 0 Å². The molecule has 0 spiro atoms. The van der Waals surface area contributed by atoms with E-state index in [-0.39, 0.29) is 11.3 Å². The molecule has 0 fully saturated rings. The number of halogens is 4. The summed E-state index contributed by atoms with van der Waals surface area (Å²) >= 11 is 5.85. The molecule has 2 heterocycles. The van der Waals surface area contributed by atoms with Crippen LogP contribution >= 0.6 is 11.6 Å². The Bertz CT molecular complexity index is 829. The zero-order valence-corrected chi connectivity index (χ0v) is 12.6. The van der Waals surface area contributed by atoms with Crippen molar-refractivity contribution in [1.82, 2.24) is 20.2 Å². The summed E-state index contributed by atoms with van der Waals surface area (Å²) in [5.74, 6) is 0.459. The predicted octanol–water partition coefficient (Wildman–Crippen LogP) is 4.20. The van der Waals surface area contributed by atoms with Crippen molar-refractivity contribution in [3.8, 4) is 0 Å². The molecule has 3 aromatic rings.